The van der Waals surface area contributed by atoms with Crippen LogP contribution in [0.4, 0.5) is 5.69 Å². The van der Waals surface area contributed by atoms with Crippen molar-refractivity contribution in [3.63, 3.8) is 0 Å². The molecule has 0 saturated heterocycles. The van der Waals surface area contributed by atoms with Gasteiger partial charge in [0.2, 0.25) is 0 Å². The molecular formula is C18H19NO3. The monoisotopic (exact) mass is 297 g/mol. The lowest BCUT2D eigenvalue weighted by atomic mass is 9.91. The van der Waals surface area contributed by atoms with Gasteiger partial charge < -0.3 is 14.4 Å². The molecule has 0 aromatic heterocycles. The van der Waals surface area contributed by atoms with Crippen LogP contribution in [0.2, 0.25) is 0 Å². The predicted octanol–water partition coefficient (Wildman–Crippen LogP) is 2.93. The molecule has 2 aromatic carbocycles. The van der Waals surface area contributed by atoms with Crippen LogP contribution in [-0.4, -0.2) is 33.3 Å². The number of anilines is 1. The number of hydrogen-bond acceptors (Lipinski definition) is 4. The van der Waals surface area contributed by atoms with Crippen LogP contribution in [0.1, 0.15) is 21.8 Å². The maximum Gasteiger partial charge on any atom is 0.177 e. The minimum absolute atomic E-state index is 0.213. The van der Waals surface area contributed by atoms with E-state index in [1.807, 2.05) is 43.3 Å². The average molecular weight is 297 g/mol. The van der Waals surface area contributed by atoms with Crippen molar-refractivity contribution in [1.82, 2.24) is 0 Å². The van der Waals surface area contributed by atoms with Crippen molar-refractivity contribution >= 4 is 17.8 Å². The molecule has 0 aliphatic rings. The van der Waals surface area contributed by atoms with Crippen molar-refractivity contribution in [2.75, 3.05) is 26.1 Å². The minimum atomic E-state index is -0.787. The molecule has 0 fully saturated rings. The van der Waals surface area contributed by atoms with Crippen molar-refractivity contribution in [3.8, 4) is 5.75 Å². The van der Waals surface area contributed by atoms with Crippen molar-refractivity contribution in [2.45, 2.75) is 5.92 Å². The fourth-order valence-corrected chi connectivity index (χ4v) is 2.21. The van der Waals surface area contributed by atoms with Gasteiger partial charge in [0.15, 0.2) is 5.78 Å². The molecule has 22 heavy (non-hydrogen) atoms. The molecule has 0 aliphatic heterocycles. The Kier molecular flexibility index (Phi) is 4.94. The van der Waals surface area contributed by atoms with Crippen LogP contribution in [0.25, 0.3) is 0 Å². The molecule has 114 valence electrons. The van der Waals surface area contributed by atoms with Gasteiger partial charge in [-0.25, -0.2) is 0 Å². The van der Waals surface area contributed by atoms with Crippen LogP contribution in [0.15, 0.2) is 48.5 Å². The molecule has 2 rings (SSSR count). The van der Waals surface area contributed by atoms with Gasteiger partial charge in [0.05, 0.1) is 7.11 Å². The van der Waals surface area contributed by atoms with E-state index in [9.17, 15) is 9.59 Å². The van der Waals surface area contributed by atoms with Gasteiger partial charge in [-0.3, -0.25) is 4.79 Å². The quantitative estimate of drug-likeness (QED) is 0.467. The first-order valence-corrected chi connectivity index (χ1v) is 6.97. The smallest absolute Gasteiger partial charge is 0.177 e. The summed E-state index contributed by atoms with van der Waals surface area (Å²) in [6.45, 7) is 0. The molecule has 0 aliphatic carbocycles. The second kappa shape index (κ2) is 6.89. The first-order chi connectivity index (χ1) is 10.6. The van der Waals surface area contributed by atoms with E-state index in [2.05, 4.69) is 0 Å². The normalized spacial score (nSPS) is 11.6. The van der Waals surface area contributed by atoms with Crippen LogP contribution in [0, 0.1) is 0 Å². The van der Waals surface area contributed by atoms with Crippen LogP contribution in [-0.2, 0) is 4.79 Å². The van der Waals surface area contributed by atoms with Gasteiger partial charge in [-0.15, -0.1) is 0 Å². The summed E-state index contributed by atoms with van der Waals surface area (Å²) in [6, 6.07) is 14.2. The molecule has 0 amide bonds. The maximum absolute atomic E-state index is 12.5. The van der Waals surface area contributed by atoms with Crippen LogP contribution in [0.5, 0.6) is 5.75 Å². The van der Waals surface area contributed by atoms with Gasteiger partial charge in [-0.1, -0.05) is 12.1 Å². The fourth-order valence-electron chi connectivity index (χ4n) is 2.21. The molecule has 1 unspecified atom stereocenters. The summed E-state index contributed by atoms with van der Waals surface area (Å²) in [6.07, 6.45) is 0.692. The molecule has 0 saturated carbocycles. The number of aldehydes is 1. The van der Waals surface area contributed by atoms with Crippen molar-refractivity contribution < 1.29 is 14.3 Å². The summed E-state index contributed by atoms with van der Waals surface area (Å²) < 4.78 is 5.07. The van der Waals surface area contributed by atoms with Crippen molar-refractivity contribution in [2.24, 2.45) is 0 Å². The number of nitrogens with zero attached hydrogens (tertiary/aromatic N) is 1. The second-order valence-electron chi connectivity index (χ2n) is 5.19. The highest BCUT2D eigenvalue weighted by molar-refractivity contribution is 6.09. The molecule has 0 radical (unpaired) electrons. The van der Waals surface area contributed by atoms with E-state index in [4.69, 9.17) is 4.74 Å². The first kappa shape index (κ1) is 15.8. The Labute approximate surface area is 130 Å². The maximum atomic E-state index is 12.5. The lowest BCUT2D eigenvalue weighted by Crippen LogP contribution is -2.15. The molecule has 0 heterocycles. The Bertz CT molecular complexity index is 645. The largest absolute Gasteiger partial charge is 0.497 e. The van der Waals surface area contributed by atoms with E-state index >= 15 is 0 Å². The van der Waals surface area contributed by atoms with Crippen LogP contribution < -0.4 is 9.64 Å². The summed E-state index contributed by atoms with van der Waals surface area (Å²) in [7, 11) is 5.45. The highest BCUT2D eigenvalue weighted by Crippen LogP contribution is 2.23. The van der Waals surface area contributed by atoms with E-state index in [0.29, 0.717) is 23.2 Å². The highest BCUT2D eigenvalue weighted by Gasteiger charge is 2.21. The minimum Gasteiger partial charge on any atom is -0.497 e. The van der Waals surface area contributed by atoms with Crippen LogP contribution in [0.3, 0.4) is 0 Å². The number of carbonyl (C=O) groups excluding carboxylic acids is 2. The number of benzene rings is 2. The van der Waals surface area contributed by atoms with E-state index < -0.39 is 5.92 Å². The Hall–Kier alpha value is -2.62. The Morgan fingerprint density at radius 1 is 1.05 bits per heavy atom. The summed E-state index contributed by atoms with van der Waals surface area (Å²) in [4.78, 5) is 25.9. The Morgan fingerprint density at radius 2 is 1.64 bits per heavy atom. The summed E-state index contributed by atoms with van der Waals surface area (Å²) in [5.41, 5.74) is 2.21. The number of carbonyl (C=O) groups is 2. The Morgan fingerprint density at radius 3 is 2.09 bits per heavy atom. The number of ketones is 1. The predicted molar refractivity (Wildman–Crippen MR) is 86.9 cm³/mol. The molecule has 4 nitrogen and oxygen atoms in total. The summed E-state index contributed by atoms with van der Waals surface area (Å²) in [5, 5.41) is 0. The van der Waals surface area contributed by atoms with Gasteiger partial charge in [0, 0.05) is 25.3 Å². The van der Waals surface area contributed by atoms with Gasteiger partial charge >= 0.3 is 0 Å². The number of methoxy groups -OCH3 is 1. The fraction of sp³-hybridized carbons (Fsp3) is 0.222. The third kappa shape index (κ3) is 3.34. The highest BCUT2D eigenvalue weighted by atomic mass is 16.5. The molecule has 0 bridgehead atoms. The molecule has 1 atom stereocenters. The molecule has 4 heteroatoms. The van der Waals surface area contributed by atoms with Crippen LogP contribution >= 0.6 is 0 Å². The molecule has 0 spiro atoms. The third-order valence-electron chi connectivity index (χ3n) is 3.56. The first-order valence-electron chi connectivity index (χ1n) is 6.97. The van der Waals surface area contributed by atoms with Crippen molar-refractivity contribution in [3.05, 3.63) is 59.7 Å². The summed E-state index contributed by atoms with van der Waals surface area (Å²) >= 11 is 0. The zero-order valence-corrected chi connectivity index (χ0v) is 12.9. The number of hydrogen-bond donors (Lipinski definition) is 0. The number of Topliss-reactive ketones (excluding diaryl/α,β-unsaturated/α-hetero) is 1. The third-order valence-corrected chi connectivity index (χ3v) is 3.56. The van der Waals surface area contributed by atoms with Crippen molar-refractivity contribution in [1.29, 1.82) is 0 Å². The topological polar surface area (TPSA) is 46.6 Å². The zero-order valence-electron chi connectivity index (χ0n) is 12.9. The van der Waals surface area contributed by atoms with E-state index in [-0.39, 0.29) is 5.78 Å². The average Bonchev–Trinajstić information content (AvgIpc) is 2.56. The molecular weight excluding hydrogens is 278 g/mol. The lowest BCUT2D eigenvalue weighted by Gasteiger charge is -2.15. The molecule has 2 aromatic rings. The zero-order chi connectivity index (χ0) is 16.1. The van der Waals surface area contributed by atoms with Gasteiger partial charge in [0.25, 0.3) is 0 Å². The molecule has 0 N–H and O–H groups in total. The summed E-state index contributed by atoms with van der Waals surface area (Å²) in [5.74, 6) is -0.325. The number of ether oxygens (including phenoxy) is 1. The van der Waals surface area contributed by atoms with E-state index in [1.165, 1.54) is 0 Å². The lowest BCUT2D eigenvalue weighted by molar-refractivity contribution is -0.108. The standard InChI is InChI=1S/C18H19NO3/c1-19(2)15-8-4-13(5-9-15)17(12-20)18(21)14-6-10-16(22-3)11-7-14/h4-12,17H,1-3H3. The number of rotatable bonds is 6. The SMILES string of the molecule is COc1ccc(C(=O)C(C=O)c2ccc(N(C)C)cc2)cc1. The second-order valence-corrected chi connectivity index (χ2v) is 5.19. The van der Waals surface area contributed by atoms with Gasteiger partial charge in [-0.05, 0) is 42.0 Å². The van der Waals surface area contributed by atoms with Gasteiger partial charge in [-0.2, -0.15) is 0 Å². The Balaban J connectivity index is 2.26. The van der Waals surface area contributed by atoms with Gasteiger partial charge in [0.1, 0.15) is 18.0 Å². The van der Waals surface area contributed by atoms with E-state index in [1.54, 1.807) is 31.4 Å². The van der Waals surface area contributed by atoms with E-state index in [0.717, 1.165) is 5.69 Å².